The standard InChI is InChI=1S/C15H22N2O3/c1-2-19-11-12-20-13-6-9-17(10-7-13)15(18)14-5-3-4-8-16-14/h3-5,8,13H,2,6-7,9-12H2,1H3. The van der Waals surface area contributed by atoms with Gasteiger partial charge in [0.25, 0.3) is 5.91 Å². The highest BCUT2D eigenvalue weighted by atomic mass is 16.5. The molecule has 0 N–H and O–H groups in total. The lowest BCUT2D eigenvalue weighted by atomic mass is 10.1. The molecule has 1 amide bonds. The summed E-state index contributed by atoms with van der Waals surface area (Å²) in [5.41, 5.74) is 0.517. The second-order valence-electron chi connectivity index (χ2n) is 4.77. The van der Waals surface area contributed by atoms with Gasteiger partial charge in [-0.05, 0) is 31.9 Å². The van der Waals surface area contributed by atoms with E-state index in [0.717, 1.165) is 32.5 Å². The first-order chi connectivity index (χ1) is 9.81. The Morgan fingerprint density at radius 1 is 1.35 bits per heavy atom. The number of piperidine rings is 1. The van der Waals surface area contributed by atoms with E-state index >= 15 is 0 Å². The van der Waals surface area contributed by atoms with E-state index < -0.39 is 0 Å². The van der Waals surface area contributed by atoms with Gasteiger partial charge in [0.1, 0.15) is 5.69 Å². The SMILES string of the molecule is CCOCCOC1CCN(C(=O)c2ccccn2)CC1. The summed E-state index contributed by atoms with van der Waals surface area (Å²) in [5, 5.41) is 0. The normalized spacial score (nSPS) is 16.4. The van der Waals surface area contributed by atoms with Gasteiger partial charge in [-0.15, -0.1) is 0 Å². The average Bonchev–Trinajstić information content (AvgIpc) is 2.52. The van der Waals surface area contributed by atoms with Crippen molar-refractivity contribution >= 4 is 5.91 Å². The molecule has 0 aliphatic carbocycles. The molecule has 1 aliphatic heterocycles. The molecule has 0 unspecified atom stereocenters. The Hall–Kier alpha value is -1.46. The van der Waals surface area contributed by atoms with E-state index in [4.69, 9.17) is 9.47 Å². The van der Waals surface area contributed by atoms with Crippen LogP contribution in [0.4, 0.5) is 0 Å². The smallest absolute Gasteiger partial charge is 0.272 e. The van der Waals surface area contributed by atoms with Gasteiger partial charge in [0.2, 0.25) is 0 Å². The van der Waals surface area contributed by atoms with Crippen LogP contribution in [0.2, 0.25) is 0 Å². The van der Waals surface area contributed by atoms with Crippen molar-refractivity contribution in [2.45, 2.75) is 25.9 Å². The molecule has 2 rings (SSSR count). The summed E-state index contributed by atoms with van der Waals surface area (Å²) in [6, 6.07) is 5.41. The lowest BCUT2D eigenvalue weighted by molar-refractivity contribution is -0.0183. The van der Waals surface area contributed by atoms with Gasteiger partial charge in [0, 0.05) is 25.9 Å². The number of carbonyl (C=O) groups excluding carboxylic acids is 1. The quantitative estimate of drug-likeness (QED) is 0.744. The molecule has 0 bridgehead atoms. The fraction of sp³-hybridized carbons (Fsp3) is 0.600. The molecule has 0 aromatic carbocycles. The molecule has 0 atom stereocenters. The summed E-state index contributed by atoms with van der Waals surface area (Å²) in [6.45, 7) is 5.43. The molecule has 0 spiro atoms. The number of carbonyl (C=O) groups is 1. The van der Waals surface area contributed by atoms with Crippen LogP contribution >= 0.6 is 0 Å². The molecule has 0 saturated carbocycles. The van der Waals surface area contributed by atoms with Crippen LogP contribution in [0, 0.1) is 0 Å². The Morgan fingerprint density at radius 2 is 2.15 bits per heavy atom. The molecule has 1 saturated heterocycles. The Kier molecular flexibility index (Phi) is 5.95. The number of rotatable bonds is 6. The third-order valence-corrected chi connectivity index (χ3v) is 3.40. The van der Waals surface area contributed by atoms with Crippen LogP contribution in [-0.2, 0) is 9.47 Å². The van der Waals surface area contributed by atoms with Crippen LogP contribution in [0.25, 0.3) is 0 Å². The molecule has 2 heterocycles. The summed E-state index contributed by atoms with van der Waals surface area (Å²) in [7, 11) is 0. The van der Waals surface area contributed by atoms with Gasteiger partial charge >= 0.3 is 0 Å². The van der Waals surface area contributed by atoms with Gasteiger partial charge in [-0.25, -0.2) is 0 Å². The second-order valence-corrected chi connectivity index (χ2v) is 4.77. The number of amides is 1. The van der Waals surface area contributed by atoms with Gasteiger partial charge < -0.3 is 14.4 Å². The molecule has 20 heavy (non-hydrogen) atoms. The summed E-state index contributed by atoms with van der Waals surface area (Å²) in [5.74, 6) is 0.0124. The van der Waals surface area contributed by atoms with Crippen LogP contribution in [0.1, 0.15) is 30.3 Å². The van der Waals surface area contributed by atoms with E-state index in [0.29, 0.717) is 18.9 Å². The van der Waals surface area contributed by atoms with E-state index in [2.05, 4.69) is 4.98 Å². The zero-order valence-electron chi connectivity index (χ0n) is 12.0. The first-order valence-corrected chi connectivity index (χ1v) is 7.21. The lowest BCUT2D eigenvalue weighted by Crippen LogP contribution is -2.41. The van der Waals surface area contributed by atoms with Crippen molar-refractivity contribution in [3.8, 4) is 0 Å². The average molecular weight is 278 g/mol. The van der Waals surface area contributed by atoms with Crippen molar-refractivity contribution in [2.24, 2.45) is 0 Å². The number of hydrogen-bond acceptors (Lipinski definition) is 4. The number of hydrogen-bond donors (Lipinski definition) is 0. The maximum Gasteiger partial charge on any atom is 0.272 e. The fourth-order valence-electron chi connectivity index (χ4n) is 2.29. The van der Waals surface area contributed by atoms with Gasteiger partial charge in [-0.3, -0.25) is 9.78 Å². The molecule has 110 valence electrons. The minimum Gasteiger partial charge on any atom is -0.379 e. The van der Waals surface area contributed by atoms with E-state index in [1.54, 1.807) is 12.3 Å². The maximum atomic E-state index is 12.2. The predicted octanol–water partition coefficient (Wildman–Crippen LogP) is 1.74. The highest BCUT2D eigenvalue weighted by Crippen LogP contribution is 2.15. The topological polar surface area (TPSA) is 51.7 Å². The van der Waals surface area contributed by atoms with E-state index in [9.17, 15) is 4.79 Å². The Morgan fingerprint density at radius 3 is 2.80 bits per heavy atom. The molecule has 5 heteroatoms. The molecular weight excluding hydrogens is 256 g/mol. The molecular formula is C15H22N2O3. The molecule has 5 nitrogen and oxygen atoms in total. The number of aromatic nitrogens is 1. The first-order valence-electron chi connectivity index (χ1n) is 7.21. The molecule has 1 fully saturated rings. The van der Waals surface area contributed by atoms with Crippen molar-refractivity contribution in [3.05, 3.63) is 30.1 Å². The number of pyridine rings is 1. The lowest BCUT2D eigenvalue weighted by Gasteiger charge is -2.31. The Balaban J connectivity index is 1.73. The van der Waals surface area contributed by atoms with Crippen molar-refractivity contribution < 1.29 is 14.3 Å². The largest absolute Gasteiger partial charge is 0.379 e. The number of likely N-dealkylation sites (tertiary alicyclic amines) is 1. The molecule has 1 aromatic heterocycles. The highest BCUT2D eigenvalue weighted by Gasteiger charge is 2.24. The zero-order chi connectivity index (χ0) is 14.2. The maximum absolute atomic E-state index is 12.2. The number of nitrogens with zero attached hydrogens (tertiary/aromatic N) is 2. The van der Waals surface area contributed by atoms with Gasteiger partial charge in [0.15, 0.2) is 0 Å². The monoisotopic (exact) mass is 278 g/mol. The van der Waals surface area contributed by atoms with Crippen molar-refractivity contribution in [3.63, 3.8) is 0 Å². The third kappa shape index (κ3) is 4.28. The van der Waals surface area contributed by atoms with Crippen LogP contribution in [0.15, 0.2) is 24.4 Å². The minimum absolute atomic E-state index is 0.0124. The summed E-state index contributed by atoms with van der Waals surface area (Å²) >= 11 is 0. The van der Waals surface area contributed by atoms with Crippen molar-refractivity contribution in [2.75, 3.05) is 32.9 Å². The summed E-state index contributed by atoms with van der Waals surface area (Å²) < 4.78 is 11.0. The first kappa shape index (κ1) is 14.9. The molecule has 1 aliphatic rings. The second kappa shape index (κ2) is 7.97. The van der Waals surface area contributed by atoms with Crippen molar-refractivity contribution in [1.29, 1.82) is 0 Å². The Labute approximate surface area is 119 Å². The van der Waals surface area contributed by atoms with Gasteiger partial charge in [-0.1, -0.05) is 6.07 Å². The zero-order valence-corrected chi connectivity index (χ0v) is 12.0. The molecule has 1 aromatic rings. The van der Waals surface area contributed by atoms with E-state index in [1.807, 2.05) is 24.0 Å². The van der Waals surface area contributed by atoms with E-state index in [-0.39, 0.29) is 12.0 Å². The van der Waals surface area contributed by atoms with Crippen molar-refractivity contribution in [1.82, 2.24) is 9.88 Å². The minimum atomic E-state index is 0.0124. The summed E-state index contributed by atoms with van der Waals surface area (Å²) in [4.78, 5) is 18.2. The van der Waals surface area contributed by atoms with Crippen LogP contribution in [0.3, 0.4) is 0 Å². The Bertz CT molecular complexity index is 403. The molecule has 0 radical (unpaired) electrons. The van der Waals surface area contributed by atoms with Crippen LogP contribution in [-0.4, -0.2) is 54.8 Å². The van der Waals surface area contributed by atoms with Gasteiger partial charge in [-0.2, -0.15) is 0 Å². The third-order valence-electron chi connectivity index (χ3n) is 3.40. The predicted molar refractivity (Wildman–Crippen MR) is 75.6 cm³/mol. The van der Waals surface area contributed by atoms with E-state index in [1.165, 1.54) is 0 Å². The fourth-order valence-corrected chi connectivity index (χ4v) is 2.29. The highest BCUT2D eigenvalue weighted by molar-refractivity contribution is 5.92. The van der Waals surface area contributed by atoms with Crippen LogP contribution in [0.5, 0.6) is 0 Å². The van der Waals surface area contributed by atoms with Gasteiger partial charge in [0.05, 0.1) is 19.3 Å². The number of ether oxygens (including phenoxy) is 2. The summed E-state index contributed by atoms with van der Waals surface area (Å²) in [6.07, 6.45) is 3.65. The van der Waals surface area contributed by atoms with Crippen LogP contribution < -0.4 is 0 Å².